The Labute approximate surface area is 85.8 Å². The summed E-state index contributed by atoms with van der Waals surface area (Å²) in [7, 11) is 1.83. The van der Waals surface area contributed by atoms with Crippen LogP contribution in [0.1, 0.15) is 5.69 Å². The molecular weight excluding hydrogens is 194 g/mol. The van der Waals surface area contributed by atoms with Gasteiger partial charge in [-0.1, -0.05) is 0 Å². The second kappa shape index (κ2) is 3.66. The number of rotatable bonds is 2. The number of imidazole rings is 1. The standard InChI is InChI=1S/C9H11N5O/c1-14-3-2-11-9(14)8-12-6(5-10)4-7(15)13-8/h2-4H,5,10H2,1H3,(H,12,13,15). The molecule has 0 aliphatic carbocycles. The van der Waals surface area contributed by atoms with Gasteiger partial charge in [-0.15, -0.1) is 0 Å². The Morgan fingerprint density at radius 2 is 2.40 bits per heavy atom. The average Bonchev–Trinajstić information content (AvgIpc) is 2.63. The van der Waals surface area contributed by atoms with Crippen LogP contribution in [0.5, 0.6) is 0 Å². The van der Waals surface area contributed by atoms with E-state index in [2.05, 4.69) is 15.0 Å². The highest BCUT2D eigenvalue weighted by Crippen LogP contribution is 2.08. The molecule has 6 heteroatoms. The zero-order valence-corrected chi connectivity index (χ0v) is 8.27. The first-order valence-electron chi connectivity index (χ1n) is 4.48. The van der Waals surface area contributed by atoms with E-state index in [1.807, 2.05) is 7.05 Å². The third-order valence-electron chi connectivity index (χ3n) is 2.04. The summed E-state index contributed by atoms with van der Waals surface area (Å²) in [4.78, 5) is 22.2. The van der Waals surface area contributed by atoms with Crippen molar-refractivity contribution in [2.24, 2.45) is 12.8 Å². The van der Waals surface area contributed by atoms with Gasteiger partial charge in [0.1, 0.15) is 0 Å². The number of hydrogen-bond donors (Lipinski definition) is 2. The predicted molar refractivity (Wildman–Crippen MR) is 55.0 cm³/mol. The van der Waals surface area contributed by atoms with Crippen LogP contribution in [0.15, 0.2) is 23.3 Å². The van der Waals surface area contributed by atoms with Crippen LogP contribution in [0.25, 0.3) is 11.6 Å². The minimum atomic E-state index is -0.219. The van der Waals surface area contributed by atoms with Crippen LogP contribution >= 0.6 is 0 Å². The van der Waals surface area contributed by atoms with Crippen LogP contribution in [0.2, 0.25) is 0 Å². The van der Waals surface area contributed by atoms with E-state index in [9.17, 15) is 4.79 Å². The number of nitrogens with two attached hydrogens (primary N) is 1. The maximum absolute atomic E-state index is 11.3. The first kappa shape index (κ1) is 9.60. The molecule has 0 saturated carbocycles. The molecule has 0 aromatic carbocycles. The van der Waals surface area contributed by atoms with Crippen molar-refractivity contribution in [2.75, 3.05) is 0 Å². The summed E-state index contributed by atoms with van der Waals surface area (Å²) >= 11 is 0. The van der Waals surface area contributed by atoms with E-state index in [0.29, 0.717) is 17.3 Å². The number of aromatic nitrogens is 4. The number of hydrogen-bond acceptors (Lipinski definition) is 4. The van der Waals surface area contributed by atoms with E-state index in [4.69, 9.17) is 5.73 Å². The topological polar surface area (TPSA) is 89.6 Å². The van der Waals surface area contributed by atoms with Gasteiger partial charge in [0, 0.05) is 32.1 Å². The second-order valence-corrected chi connectivity index (χ2v) is 3.15. The van der Waals surface area contributed by atoms with Gasteiger partial charge in [-0.3, -0.25) is 4.79 Å². The molecule has 2 heterocycles. The first-order chi connectivity index (χ1) is 7.20. The summed E-state index contributed by atoms with van der Waals surface area (Å²) in [5, 5.41) is 0. The van der Waals surface area contributed by atoms with Crippen molar-refractivity contribution < 1.29 is 0 Å². The number of aryl methyl sites for hydroxylation is 1. The maximum atomic E-state index is 11.3. The molecule has 0 radical (unpaired) electrons. The quantitative estimate of drug-likeness (QED) is 0.700. The SMILES string of the molecule is Cn1ccnc1-c1nc(CN)cc(=O)[nH]1. The Balaban J connectivity index is 2.58. The molecule has 0 unspecified atom stereocenters. The Kier molecular flexibility index (Phi) is 2.34. The fraction of sp³-hybridized carbons (Fsp3) is 0.222. The van der Waals surface area contributed by atoms with Gasteiger partial charge in [0.25, 0.3) is 5.56 Å². The number of aromatic amines is 1. The van der Waals surface area contributed by atoms with E-state index >= 15 is 0 Å². The minimum Gasteiger partial charge on any atom is -0.331 e. The van der Waals surface area contributed by atoms with Crippen LogP contribution in [0.3, 0.4) is 0 Å². The molecule has 2 rings (SSSR count). The Morgan fingerprint density at radius 3 is 3.00 bits per heavy atom. The van der Waals surface area contributed by atoms with Crippen molar-refractivity contribution in [3.8, 4) is 11.6 Å². The van der Waals surface area contributed by atoms with Crippen molar-refractivity contribution in [3.63, 3.8) is 0 Å². The lowest BCUT2D eigenvalue weighted by Gasteiger charge is -2.02. The molecule has 0 aliphatic heterocycles. The summed E-state index contributed by atoms with van der Waals surface area (Å²) in [6.45, 7) is 0.237. The van der Waals surface area contributed by atoms with Crippen LogP contribution in [-0.2, 0) is 13.6 Å². The van der Waals surface area contributed by atoms with Crippen molar-refractivity contribution in [3.05, 3.63) is 34.5 Å². The number of nitrogens with zero attached hydrogens (tertiary/aromatic N) is 3. The first-order valence-corrected chi connectivity index (χ1v) is 4.48. The van der Waals surface area contributed by atoms with Crippen LogP contribution in [-0.4, -0.2) is 19.5 Å². The highest BCUT2D eigenvalue weighted by atomic mass is 16.1. The molecule has 0 fully saturated rings. The molecule has 0 spiro atoms. The molecule has 3 N–H and O–H groups in total. The molecule has 6 nitrogen and oxygen atoms in total. The molecule has 78 valence electrons. The summed E-state index contributed by atoms with van der Waals surface area (Å²) < 4.78 is 1.78. The number of nitrogens with one attached hydrogen (secondary N) is 1. The smallest absolute Gasteiger partial charge is 0.251 e. The molecule has 0 atom stereocenters. The fourth-order valence-electron chi connectivity index (χ4n) is 1.31. The molecule has 0 amide bonds. The van der Waals surface area contributed by atoms with Crippen LogP contribution in [0, 0.1) is 0 Å². The van der Waals surface area contributed by atoms with E-state index in [1.54, 1.807) is 17.0 Å². The zero-order chi connectivity index (χ0) is 10.8. The highest BCUT2D eigenvalue weighted by molar-refractivity contribution is 5.43. The van der Waals surface area contributed by atoms with Gasteiger partial charge in [-0.25, -0.2) is 9.97 Å². The molecule has 15 heavy (non-hydrogen) atoms. The van der Waals surface area contributed by atoms with Crippen molar-refractivity contribution in [1.29, 1.82) is 0 Å². The van der Waals surface area contributed by atoms with Crippen LogP contribution < -0.4 is 11.3 Å². The maximum Gasteiger partial charge on any atom is 0.251 e. The monoisotopic (exact) mass is 205 g/mol. The molecule has 0 saturated heterocycles. The van der Waals surface area contributed by atoms with Gasteiger partial charge >= 0.3 is 0 Å². The van der Waals surface area contributed by atoms with Gasteiger partial charge in [0.05, 0.1) is 5.69 Å². The Morgan fingerprint density at radius 1 is 1.60 bits per heavy atom. The lowest BCUT2D eigenvalue weighted by Crippen LogP contribution is -2.13. The van der Waals surface area contributed by atoms with E-state index in [1.165, 1.54) is 6.07 Å². The van der Waals surface area contributed by atoms with Crippen LogP contribution in [0.4, 0.5) is 0 Å². The molecular formula is C9H11N5O. The Hall–Kier alpha value is -1.95. The van der Waals surface area contributed by atoms with Gasteiger partial charge < -0.3 is 15.3 Å². The molecule has 2 aromatic rings. The zero-order valence-electron chi connectivity index (χ0n) is 8.27. The lowest BCUT2D eigenvalue weighted by atomic mass is 10.4. The summed E-state index contributed by atoms with van der Waals surface area (Å²) in [6.07, 6.45) is 3.43. The second-order valence-electron chi connectivity index (χ2n) is 3.15. The molecule has 2 aromatic heterocycles. The molecule has 0 bridgehead atoms. The van der Waals surface area contributed by atoms with Gasteiger partial charge in [0.2, 0.25) is 0 Å². The van der Waals surface area contributed by atoms with Gasteiger partial charge in [0.15, 0.2) is 11.6 Å². The fourth-order valence-corrected chi connectivity index (χ4v) is 1.31. The Bertz CT molecular complexity index is 527. The van der Waals surface area contributed by atoms with Gasteiger partial charge in [-0.05, 0) is 0 Å². The minimum absolute atomic E-state index is 0.219. The average molecular weight is 205 g/mol. The largest absolute Gasteiger partial charge is 0.331 e. The van der Waals surface area contributed by atoms with E-state index in [-0.39, 0.29) is 12.1 Å². The molecule has 0 aliphatic rings. The lowest BCUT2D eigenvalue weighted by molar-refractivity contribution is 0.885. The van der Waals surface area contributed by atoms with Gasteiger partial charge in [-0.2, -0.15) is 0 Å². The summed E-state index contributed by atoms with van der Waals surface area (Å²) in [6, 6.07) is 1.38. The van der Waals surface area contributed by atoms with E-state index in [0.717, 1.165) is 0 Å². The third-order valence-corrected chi connectivity index (χ3v) is 2.04. The van der Waals surface area contributed by atoms with Crippen molar-refractivity contribution >= 4 is 0 Å². The summed E-state index contributed by atoms with van der Waals surface area (Å²) in [5.74, 6) is 1.05. The third kappa shape index (κ3) is 1.79. The van der Waals surface area contributed by atoms with Crippen molar-refractivity contribution in [2.45, 2.75) is 6.54 Å². The number of H-pyrrole nitrogens is 1. The normalized spacial score (nSPS) is 10.5. The predicted octanol–water partition coefficient (Wildman–Crippen LogP) is -0.371. The highest BCUT2D eigenvalue weighted by Gasteiger charge is 2.07. The van der Waals surface area contributed by atoms with Crippen molar-refractivity contribution in [1.82, 2.24) is 19.5 Å². The summed E-state index contributed by atoms with van der Waals surface area (Å²) in [5.41, 5.74) is 5.77. The van der Waals surface area contributed by atoms with E-state index < -0.39 is 0 Å².